The molecule has 0 unspecified atom stereocenters. The van der Waals surface area contributed by atoms with Crippen molar-refractivity contribution in [2.45, 2.75) is 40.2 Å². The van der Waals surface area contributed by atoms with Crippen molar-refractivity contribution in [1.29, 1.82) is 0 Å². The van der Waals surface area contributed by atoms with Gasteiger partial charge in [0, 0.05) is 23.6 Å². The normalized spacial score (nSPS) is 13.3. The van der Waals surface area contributed by atoms with Crippen LogP contribution in [0.25, 0.3) is 0 Å². The zero-order valence-electron chi connectivity index (χ0n) is 12.3. The minimum atomic E-state index is 0.00991. The first-order valence-corrected chi connectivity index (χ1v) is 7.14. The molecule has 3 nitrogen and oxygen atoms in total. The molecule has 1 amide bonds. The van der Waals surface area contributed by atoms with E-state index in [1.54, 1.807) is 0 Å². The van der Waals surface area contributed by atoms with Crippen LogP contribution in [0.2, 0.25) is 0 Å². The smallest absolute Gasteiger partial charge is 0.257 e. The summed E-state index contributed by atoms with van der Waals surface area (Å²) in [6.07, 6.45) is 2.14. The SMILES string of the molecule is Cc1ccc(NC(=O)c2cc(C)n3c2CCC3)c(C)c1. The average molecular weight is 268 g/mol. The zero-order valence-corrected chi connectivity index (χ0v) is 12.3. The van der Waals surface area contributed by atoms with E-state index in [0.717, 1.165) is 36.2 Å². The number of rotatable bonds is 2. The zero-order chi connectivity index (χ0) is 14.3. The second-order valence-electron chi connectivity index (χ2n) is 5.67. The maximum absolute atomic E-state index is 12.5. The van der Waals surface area contributed by atoms with E-state index in [1.165, 1.54) is 17.0 Å². The highest BCUT2D eigenvalue weighted by atomic mass is 16.1. The Morgan fingerprint density at radius 2 is 2.00 bits per heavy atom. The predicted octanol–water partition coefficient (Wildman–Crippen LogP) is 3.61. The molecule has 2 heterocycles. The number of carbonyl (C=O) groups excluding carboxylic acids is 1. The molecular weight excluding hydrogens is 248 g/mol. The molecule has 0 aliphatic carbocycles. The first-order valence-electron chi connectivity index (χ1n) is 7.14. The molecule has 3 heteroatoms. The van der Waals surface area contributed by atoms with Crippen molar-refractivity contribution in [3.8, 4) is 0 Å². The van der Waals surface area contributed by atoms with Gasteiger partial charge in [-0.25, -0.2) is 0 Å². The van der Waals surface area contributed by atoms with E-state index in [0.29, 0.717) is 0 Å². The van der Waals surface area contributed by atoms with Gasteiger partial charge >= 0.3 is 0 Å². The highest BCUT2D eigenvalue weighted by Crippen LogP contribution is 2.25. The van der Waals surface area contributed by atoms with Crippen molar-refractivity contribution in [3.63, 3.8) is 0 Å². The Bertz CT molecular complexity index is 683. The lowest BCUT2D eigenvalue weighted by Gasteiger charge is -2.09. The lowest BCUT2D eigenvalue weighted by Crippen LogP contribution is -2.14. The van der Waals surface area contributed by atoms with Gasteiger partial charge in [-0.3, -0.25) is 4.79 Å². The van der Waals surface area contributed by atoms with Gasteiger partial charge in [0.05, 0.1) is 5.56 Å². The van der Waals surface area contributed by atoms with Crippen LogP contribution in [-0.4, -0.2) is 10.5 Å². The highest BCUT2D eigenvalue weighted by molar-refractivity contribution is 6.05. The van der Waals surface area contributed by atoms with Crippen LogP contribution in [-0.2, 0) is 13.0 Å². The molecule has 0 saturated carbocycles. The summed E-state index contributed by atoms with van der Waals surface area (Å²) in [6, 6.07) is 8.10. The Morgan fingerprint density at radius 3 is 2.75 bits per heavy atom. The molecule has 3 rings (SSSR count). The van der Waals surface area contributed by atoms with Crippen LogP contribution in [0.15, 0.2) is 24.3 Å². The highest BCUT2D eigenvalue weighted by Gasteiger charge is 2.22. The number of amides is 1. The number of nitrogens with one attached hydrogen (secondary N) is 1. The summed E-state index contributed by atoms with van der Waals surface area (Å²) in [7, 11) is 0. The fourth-order valence-electron chi connectivity index (χ4n) is 3.05. The lowest BCUT2D eigenvalue weighted by atomic mass is 10.1. The van der Waals surface area contributed by atoms with Gasteiger partial charge in [0.25, 0.3) is 5.91 Å². The Balaban J connectivity index is 1.89. The van der Waals surface area contributed by atoms with Crippen molar-refractivity contribution in [1.82, 2.24) is 4.57 Å². The number of aryl methyl sites for hydroxylation is 3. The number of benzene rings is 1. The van der Waals surface area contributed by atoms with Gasteiger partial charge in [-0.15, -0.1) is 0 Å². The summed E-state index contributed by atoms with van der Waals surface area (Å²) >= 11 is 0. The van der Waals surface area contributed by atoms with Crippen molar-refractivity contribution in [2.75, 3.05) is 5.32 Å². The molecule has 0 radical (unpaired) electrons. The number of fused-ring (bicyclic) bond motifs is 1. The maximum Gasteiger partial charge on any atom is 0.257 e. The van der Waals surface area contributed by atoms with Crippen LogP contribution in [0.1, 0.15) is 39.3 Å². The fraction of sp³-hybridized carbons (Fsp3) is 0.353. The second-order valence-corrected chi connectivity index (χ2v) is 5.67. The Hall–Kier alpha value is -2.03. The molecule has 0 spiro atoms. The van der Waals surface area contributed by atoms with E-state index in [9.17, 15) is 4.79 Å². The minimum absolute atomic E-state index is 0.00991. The third-order valence-electron chi connectivity index (χ3n) is 4.09. The molecule has 0 saturated heterocycles. The molecule has 20 heavy (non-hydrogen) atoms. The Labute approximate surface area is 119 Å². The monoisotopic (exact) mass is 268 g/mol. The third kappa shape index (κ3) is 2.13. The van der Waals surface area contributed by atoms with Gasteiger partial charge in [0.1, 0.15) is 0 Å². The molecule has 0 atom stereocenters. The van der Waals surface area contributed by atoms with Crippen LogP contribution in [0.3, 0.4) is 0 Å². The summed E-state index contributed by atoms with van der Waals surface area (Å²) in [5.74, 6) is 0.00991. The number of aromatic nitrogens is 1. The van der Waals surface area contributed by atoms with E-state index >= 15 is 0 Å². The first-order chi connectivity index (χ1) is 9.56. The van der Waals surface area contributed by atoms with Gasteiger partial charge < -0.3 is 9.88 Å². The topological polar surface area (TPSA) is 34.0 Å². The standard InChI is InChI=1S/C17H20N2O/c1-11-6-7-15(12(2)9-11)18-17(20)14-10-13(3)19-8-4-5-16(14)19/h6-7,9-10H,4-5,8H2,1-3H3,(H,18,20). The largest absolute Gasteiger partial charge is 0.348 e. The van der Waals surface area contributed by atoms with Crippen LogP contribution in [0.4, 0.5) is 5.69 Å². The summed E-state index contributed by atoms with van der Waals surface area (Å²) in [6.45, 7) is 7.20. The van der Waals surface area contributed by atoms with Crippen molar-refractivity contribution < 1.29 is 4.79 Å². The van der Waals surface area contributed by atoms with E-state index in [-0.39, 0.29) is 5.91 Å². The van der Waals surface area contributed by atoms with Gasteiger partial charge in [-0.05, 0) is 51.3 Å². The summed E-state index contributed by atoms with van der Waals surface area (Å²) < 4.78 is 2.26. The molecule has 2 aromatic rings. The summed E-state index contributed by atoms with van der Waals surface area (Å²) in [4.78, 5) is 12.5. The van der Waals surface area contributed by atoms with Crippen molar-refractivity contribution >= 4 is 11.6 Å². The lowest BCUT2D eigenvalue weighted by molar-refractivity contribution is 0.102. The average Bonchev–Trinajstić information content (AvgIpc) is 2.97. The van der Waals surface area contributed by atoms with E-state index < -0.39 is 0 Å². The number of nitrogens with zero attached hydrogens (tertiary/aromatic N) is 1. The van der Waals surface area contributed by atoms with E-state index in [2.05, 4.69) is 29.8 Å². The molecule has 1 aliphatic heterocycles. The van der Waals surface area contributed by atoms with Gasteiger partial charge in [0.2, 0.25) is 0 Å². The molecule has 1 aromatic heterocycles. The third-order valence-corrected chi connectivity index (χ3v) is 4.09. The first kappa shape index (κ1) is 13.0. The van der Waals surface area contributed by atoms with Crippen LogP contribution < -0.4 is 5.32 Å². The summed E-state index contributed by atoms with van der Waals surface area (Å²) in [5.41, 5.74) is 6.41. The molecule has 1 aromatic carbocycles. The van der Waals surface area contributed by atoms with Crippen LogP contribution >= 0.6 is 0 Å². The maximum atomic E-state index is 12.5. The van der Waals surface area contributed by atoms with Crippen LogP contribution in [0.5, 0.6) is 0 Å². The van der Waals surface area contributed by atoms with E-state index in [4.69, 9.17) is 0 Å². The minimum Gasteiger partial charge on any atom is -0.348 e. The van der Waals surface area contributed by atoms with Crippen molar-refractivity contribution in [2.24, 2.45) is 0 Å². The fourth-order valence-corrected chi connectivity index (χ4v) is 3.05. The quantitative estimate of drug-likeness (QED) is 0.887. The van der Waals surface area contributed by atoms with Crippen molar-refractivity contribution in [3.05, 3.63) is 52.3 Å². The number of carbonyl (C=O) groups is 1. The molecule has 1 N–H and O–H groups in total. The molecule has 0 fully saturated rings. The second kappa shape index (κ2) is 4.82. The number of hydrogen-bond acceptors (Lipinski definition) is 1. The molecule has 104 valence electrons. The summed E-state index contributed by atoms with van der Waals surface area (Å²) in [5, 5.41) is 3.04. The molecule has 0 bridgehead atoms. The molecular formula is C17H20N2O. The van der Waals surface area contributed by atoms with Gasteiger partial charge in [-0.1, -0.05) is 17.7 Å². The predicted molar refractivity (Wildman–Crippen MR) is 81.4 cm³/mol. The van der Waals surface area contributed by atoms with Gasteiger partial charge in [0.15, 0.2) is 0 Å². The van der Waals surface area contributed by atoms with Gasteiger partial charge in [-0.2, -0.15) is 0 Å². The number of anilines is 1. The molecule has 1 aliphatic rings. The Morgan fingerprint density at radius 1 is 1.20 bits per heavy atom. The van der Waals surface area contributed by atoms with E-state index in [1.807, 2.05) is 25.1 Å². The van der Waals surface area contributed by atoms with Crippen LogP contribution in [0, 0.1) is 20.8 Å². The Kier molecular flexibility index (Phi) is 3.13. The number of hydrogen-bond donors (Lipinski definition) is 1.